The van der Waals surface area contributed by atoms with Crippen molar-refractivity contribution in [3.8, 4) is 0 Å². The Morgan fingerprint density at radius 3 is 2.68 bits per heavy atom. The number of allylic oxidation sites excluding steroid dienone is 2. The minimum Gasteiger partial charge on any atom is -0.478 e. The number of carboxylic acid groups (broad SMARTS) is 1. The summed E-state index contributed by atoms with van der Waals surface area (Å²) in [6.45, 7) is 0. The lowest BCUT2D eigenvalue weighted by Crippen LogP contribution is -2.30. The van der Waals surface area contributed by atoms with Gasteiger partial charge in [0.05, 0.1) is 27.8 Å². The van der Waals surface area contributed by atoms with E-state index in [1.54, 1.807) is 30.3 Å². The van der Waals surface area contributed by atoms with E-state index in [0.717, 1.165) is 12.0 Å². The molecule has 0 unspecified atom stereocenters. The lowest BCUT2D eigenvalue weighted by molar-refractivity contribution is -0.385. The van der Waals surface area contributed by atoms with Crippen molar-refractivity contribution >= 4 is 17.3 Å². The van der Waals surface area contributed by atoms with E-state index in [1.165, 1.54) is 6.07 Å². The maximum absolute atomic E-state index is 11.6. The first-order valence-electron chi connectivity index (χ1n) is 8.10. The highest BCUT2D eigenvalue weighted by Crippen LogP contribution is 2.51. The van der Waals surface area contributed by atoms with Crippen LogP contribution < -0.4 is 5.32 Å². The summed E-state index contributed by atoms with van der Waals surface area (Å²) >= 11 is 0. The Morgan fingerprint density at radius 1 is 1.16 bits per heavy atom. The van der Waals surface area contributed by atoms with Crippen LogP contribution in [0.5, 0.6) is 0 Å². The predicted octanol–water partition coefficient (Wildman–Crippen LogP) is 4.12. The molecule has 2 N–H and O–H groups in total. The van der Waals surface area contributed by atoms with Gasteiger partial charge < -0.3 is 10.4 Å². The van der Waals surface area contributed by atoms with Gasteiger partial charge in [-0.15, -0.1) is 0 Å². The fraction of sp³-hybridized carbons (Fsp3) is 0.211. The molecule has 1 heterocycles. The van der Waals surface area contributed by atoms with Crippen molar-refractivity contribution in [1.29, 1.82) is 0 Å². The molecule has 3 atom stereocenters. The molecular formula is C19H16N2O4. The highest BCUT2D eigenvalue weighted by molar-refractivity contribution is 5.95. The number of carboxylic acids is 1. The molecule has 2 aromatic carbocycles. The summed E-state index contributed by atoms with van der Waals surface area (Å²) < 4.78 is 0. The van der Waals surface area contributed by atoms with Crippen LogP contribution in [0.1, 0.15) is 39.9 Å². The number of fused-ring (bicyclic) bond motifs is 3. The minimum absolute atomic E-state index is 0.0559. The quantitative estimate of drug-likeness (QED) is 0.500. The van der Waals surface area contributed by atoms with Gasteiger partial charge in [-0.3, -0.25) is 10.1 Å². The van der Waals surface area contributed by atoms with Crippen LogP contribution in [0.4, 0.5) is 11.4 Å². The number of rotatable bonds is 3. The summed E-state index contributed by atoms with van der Waals surface area (Å²) in [5.41, 5.74) is 2.35. The predicted molar refractivity (Wildman–Crippen MR) is 92.8 cm³/mol. The number of nitro benzene ring substituents is 1. The maximum atomic E-state index is 11.6. The topological polar surface area (TPSA) is 92.5 Å². The molecule has 0 radical (unpaired) electrons. The molecule has 0 amide bonds. The zero-order valence-corrected chi connectivity index (χ0v) is 13.3. The molecule has 0 aromatic heterocycles. The standard InChI is InChI=1S/C19H16N2O4/c22-19(23)15-9-4-8-13-11-6-3-7-12(11)17(20-18(13)15)14-5-1-2-10-16(14)21(24)25/h1-6,8-12,17,20H,7H2,(H,22,23)/t11-,12+,17+/m1/s1. The summed E-state index contributed by atoms with van der Waals surface area (Å²) in [5.74, 6) is -0.830. The molecule has 1 aliphatic heterocycles. The average molecular weight is 336 g/mol. The Hall–Kier alpha value is -3.15. The second-order valence-electron chi connectivity index (χ2n) is 6.37. The number of nitrogens with zero attached hydrogens (tertiary/aromatic N) is 1. The van der Waals surface area contributed by atoms with E-state index < -0.39 is 5.97 Å². The van der Waals surface area contributed by atoms with Gasteiger partial charge in [-0.2, -0.15) is 0 Å². The van der Waals surface area contributed by atoms with Gasteiger partial charge in [0.15, 0.2) is 0 Å². The van der Waals surface area contributed by atoms with Crippen molar-refractivity contribution in [1.82, 2.24) is 0 Å². The number of anilines is 1. The summed E-state index contributed by atoms with van der Waals surface area (Å²) in [5, 5.41) is 24.3. The number of aromatic carboxylic acids is 1. The van der Waals surface area contributed by atoms with Crippen LogP contribution >= 0.6 is 0 Å². The van der Waals surface area contributed by atoms with Gasteiger partial charge in [-0.1, -0.05) is 42.5 Å². The Labute approximate surface area is 144 Å². The van der Waals surface area contributed by atoms with Gasteiger partial charge in [0, 0.05) is 12.0 Å². The van der Waals surface area contributed by atoms with Crippen LogP contribution in [0.15, 0.2) is 54.6 Å². The van der Waals surface area contributed by atoms with Crippen LogP contribution in [-0.4, -0.2) is 16.0 Å². The highest BCUT2D eigenvalue weighted by atomic mass is 16.6. The molecule has 0 saturated heterocycles. The first-order valence-corrected chi connectivity index (χ1v) is 8.10. The minimum atomic E-state index is -1.01. The van der Waals surface area contributed by atoms with Crippen molar-refractivity contribution in [2.45, 2.75) is 18.4 Å². The second-order valence-corrected chi connectivity index (χ2v) is 6.37. The molecule has 0 fully saturated rings. The fourth-order valence-corrected chi connectivity index (χ4v) is 4.02. The zero-order chi connectivity index (χ0) is 17.6. The third-order valence-electron chi connectivity index (χ3n) is 5.10. The van der Waals surface area contributed by atoms with Crippen LogP contribution in [0.3, 0.4) is 0 Å². The maximum Gasteiger partial charge on any atom is 0.337 e. The summed E-state index contributed by atoms with van der Waals surface area (Å²) in [4.78, 5) is 22.7. The molecule has 0 spiro atoms. The van der Waals surface area contributed by atoms with Crippen LogP contribution in [0.25, 0.3) is 0 Å². The number of benzene rings is 2. The molecule has 126 valence electrons. The van der Waals surface area contributed by atoms with E-state index in [0.29, 0.717) is 11.3 Å². The molecule has 6 heteroatoms. The largest absolute Gasteiger partial charge is 0.478 e. The third-order valence-corrected chi connectivity index (χ3v) is 5.10. The molecule has 6 nitrogen and oxygen atoms in total. The lowest BCUT2D eigenvalue weighted by Gasteiger charge is -2.37. The Balaban J connectivity index is 1.88. The monoisotopic (exact) mass is 336 g/mol. The van der Waals surface area contributed by atoms with Gasteiger partial charge in [0.1, 0.15) is 0 Å². The Morgan fingerprint density at radius 2 is 1.92 bits per heavy atom. The molecule has 2 aliphatic rings. The van der Waals surface area contributed by atoms with E-state index in [4.69, 9.17) is 0 Å². The van der Waals surface area contributed by atoms with Gasteiger partial charge >= 0.3 is 5.97 Å². The van der Waals surface area contributed by atoms with E-state index in [2.05, 4.69) is 17.5 Å². The molecule has 2 aromatic rings. The Bertz CT molecular complexity index is 906. The molecule has 1 aliphatic carbocycles. The van der Waals surface area contributed by atoms with Crippen molar-refractivity contribution < 1.29 is 14.8 Å². The van der Waals surface area contributed by atoms with E-state index in [1.807, 2.05) is 6.07 Å². The number of nitro groups is 1. The fourth-order valence-electron chi connectivity index (χ4n) is 4.02. The van der Waals surface area contributed by atoms with Crippen LogP contribution in [0, 0.1) is 16.0 Å². The van der Waals surface area contributed by atoms with Gasteiger partial charge in [-0.25, -0.2) is 4.79 Å². The highest BCUT2D eigenvalue weighted by Gasteiger charge is 2.41. The van der Waals surface area contributed by atoms with E-state index in [-0.39, 0.29) is 34.1 Å². The van der Waals surface area contributed by atoms with Gasteiger partial charge in [0.2, 0.25) is 0 Å². The molecule has 0 saturated carbocycles. The summed E-state index contributed by atoms with van der Waals surface area (Å²) in [7, 11) is 0. The van der Waals surface area contributed by atoms with Crippen molar-refractivity contribution in [3.05, 3.63) is 81.4 Å². The number of hydrogen-bond acceptors (Lipinski definition) is 4. The van der Waals surface area contributed by atoms with Crippen LogP contribution in [0.2, 0.25) is 0 Å². The number of carbonyl (C=O) groups is 1. The summed E-state index contributed by atoms with van der Waals surface area (Å²) in [6.07, 6.45) is 4.95. The van der Waals surface area contributed by atoms with Gasteiger partial charge in [0.25, 0.3) is 5.69 Å². The molecular weight excluding hydrogens is 320 g/mol. The third kappa shape index (κ3) is 2.38. The van der Waals surface area contributed by atoms with Gasteiger partial charge in [-0.05, 0) is 24.0 Å². The zero-order valence-electron chi connectivity index (χ0n) is 13.3. The van der Waals surface area contributed by atoms with Crippen molar-refractivity contribution in [3.63, 3.8) is 0 Å². The second kappa shape index (κ2) is 5.73. The average Bonchev–Trinajstić information content (AvgIpc) is 3.10. The Kier molecular flexibility index (Phi) is 3.53. The van der Waals surface area contributed by atoms with E-state index in [9.17, 15) is 20.0 Å². The molecule has 0 bridgehead atoms. The summed E-state index contributed by atoms with van der Waals surface area (Å²) in [6, 6.07) is 11.6. The smallest absolute Gasteiger partial charge is 0.337 e. The molecule has 25 heavy (non-hydrogen) atoms. The number of nitrogens with one attached hydrogen (secondary N) is 1. The first kappa shape index (κ1) is 15.4. The van der Waals surface area contributed by atoms with Crippen molar-refractivity contribution in [2.75, 3.05) is 5.32 Å². The van der Waals surface area contributed by atoms with E-state index >= 15 is 0 Å². The van der Waals surface area contributed by atoms with Crippen molar-refractivity contribution in [2.24, 2.45) is 5.92 Å². The normalized spacial score (nSPS) is 23.4. The van der Waals surface area contributed by atoms with Crippen LogP contribution in [-0.2, 0) is 0 Å². The lowest BCUT2D eigenvalue weighted by atomic mass is 9.76. The first-order chi connectivity index (χ1) is 12.1. The number of para-hydroxylation sites is 2. The molecule has 4 rings (SSSR count). The number of hydrogen-bond donors (Lipinski definition) is 2. The SMILES string of the molecule is O=C(O)c1cccc2c1N[C@H](c1ccccc1[N+](=O)[O-])[C@H]1CC=C[C@@H]21.